The van der Waals surface area contributed by atoms with Gasteiger partial charge in [-0.2, -0.15) is 0 Å². The molecule has 0 aromatic rings. The van der Waals surface area contributed by atoms with Crippen LogP contribution >= 0.6 is 0 Å². The average Bonchev–Trinajstić information content (AvgIpc) is 2.12. The van der Waals surface area contributed by atoms with Crippen LogP contribution < -0.4 is 5.32 Å². The lowest BCUT2D eigenvalue weighted by molar-refractivity contribution is 0.0740. The predicted molar refractivity (Wildman–Crippen MR) is 38.9 cm³/mol. The van der Waals surface area contributed by atoms with E-state index in [0.717, 1.165) is 19.6 Å². The molecule has 0 spiro atoms. The number of ether oxygens (including phenoxy) is 1. The van der Waals surface area contributed by atoms with Gasteiger partial charge in [0.1, 0.15) is 0 Å². The van der Waals surface area contributed by atoms with E-state index in [-0.39, 0.29) is 12.1 Å². The Morgan fingerprint density at radius 2 is 2.50 bits per heavy atom. The Balaban J connectivity index is 2.28. The molecule has 0 aromatic carbocycles. The van der Waals surface area contributed by atoms with Gasteiger partial charge in [0.05, 0.1) is 18.8 Å². The third kappa shape index (κ3) is 2.25. The summed E-state index contributed by atoms with van der Waals surface area (Å²) in [6.45, 7) is 4.19. The molecule has 1 rings (SSSR count). The zero-order valence-corrected chi connectivity index (χ0v) is 6.34. The Hall–Kier alpha value is -0.120. The lowest BCUT2D eigenvalue weighted by Gasteiger charge is -2.17. The minimum absolute atomic E-state index is 0.127. The normalized spacial score (nSPS) is 31.2. The molecule has 1 aliphatic rings. The molecule has 10 heavy (non-hydrogen) atoms. The fourth-order valence-electron chi connectivity index (χ4n) is 1.04. The second-order valence-corrected chi connectivity index (χ2v) is 2.73. The lowest BCUT2D eigenvalue weighted by Crippen LogP contribution is -2.40. The molecule has 2 atom stereocenters. The molecule has 60 valence electrons. The van der Waals surface area contributed by atoms with E-state index in [1.807, 2.05) is 0 Å². The molecule has 0 aliphatic carbocycles. The summed E-state index contributed by atoms with van der Waals surface area (Å²) in [5, 5.41) is 12.4. The molecule has 0 amide bonds. The molecule has 3 nitrogen and oxygen atoms in total. The van der Waals surface area contributed by atoms with Crippen LogP contribution in [-0.4, -0.2) is 37.0 Å². The summed E-state index contributed by atoms with van der Waals surface area (Å²) in [7, 11) is 0. The molecule has 0 bridgehead atoms. The van der Waals surface area contributed by atoms with Crippen molar-refractivity contribution in [3.63, 3.8) is 0 Å². The second kappa shape index (κ2) is 3.91. The van der Waals surface area contributed by atoms with E-state index >= 15 is 0 Å². The molecule has 1 fully saturated rings. The molecular weight excluding hydrogens is 130 g/mol. The first-order valence-corrected chi connectivity index (χ1v) is 3.80. The van der Waals surface area contributed by atoms with Crippen molar-refractivity contribution in [2.45, 2.75) is 25.5 Å². The van der Waals surface area contributed by atoms with Gasteiger partial charge in [-0.3, -0.25) is 0 Å². The van der Waals surface area contributed by atoms with Crippen LogP contribution in [0, 0.1) is 0 Å². The van der Waals surface area contributed by atoms with Gasteiger partial charge in [-0.25, -0.2) is 0 Å². The van der Waals surface area contributed by atoms with Gasteiger partial charge in [0.25, 0.3) is 0 Å². The first-order valence-electron chi connectivity index (χ1n) is 3.80. The summed E-state index contributed by atoms with van der Waals surface area (Å²) in [5.41, 5.74) is 0. The molecule has 2 N–H and O–H groups in total. The van der Waals surface area contributed by atoms with Gasteiger partial charge >= 0.3 is 0 Å². The zero-order valence-electron chi connectivity index (χ0n) is 6.34. The fraction of sp³-hybridized carbons (Fsp3) is 1.00. The summed E-state index contributed by atoms with van der Waals surface area (Å²) in [6, 6.07) is 0.127. The maximum Gasteiger partial charge on any atom is 0.0687 e. The number of hydrogen-bond acceptors (Lipinski definition) is 3. The number of aliphatic hydroxyl groups is 1. The Bertz CT molecular complexity index is 87.6. The van der Waals surface area contributed by atoms with Crippen molar-refractivity contribution in [3.8, 4) is 0 Å². The number of rotatable bonds is 1. The third-order valence-electron chi connectivity index (χ3n) is 1.75. The van der Waals surface area contributed by atoms with Crippen LogP contribution in [0.3, 0.4) is 0 Å². The van der Waals surface area contributed by atoms with Crippen LogP contribution in [0.1, 0.15) is 13.3 Å². The van der Waals surface area contributed by atoms with Crippen molar-refractivity contribution < 1.29 is 9.84 Å². The SMILES string of the molecule is C[C@H](O)[C@@H]1COCCCN1. The Morgan fingerprint density at radius 1 is 1.70 bits per heavy atom. The van der Waals surface area contributed by atoms with Crippen LogP contribution in [0.15, 0.2) is 0 Å². The molecule has 0 aromatic heterocycles. The topological polar surface area (TPSA) is 41.5 Å². The van der Waals surface area contributed by atoms with Crippen LogP contribution in [0.5, 0.6) is 0 Å². The van der Waals surface area contributed by atoms with Gasteiger partial charge in [0, 0.05) is 6.61 Å². The number of hydrogen-bond donors (Lipinski definition) is 2. The summed E-state index contributed by atoms with van der Waals surface area (Å²) in [6.07, 6.45) is 0.738. The smallest absolute Gasteiger partial charge is 0.0687 e. The van der Waals surface area contributed by atoms with Crippen LogP contribution in [-0.2, 0) is 4.74 Å². The number of aliphatic hydroxyl groups excluding tert-OH is 1. The van der Waals surface area contributed by atoms with Crippen molar-refractivity contribution in [1.29, 1.82) is 0 Å². The maximum absolute atomic E-state index is 9.16. The van der Waals surface area contributed by atoms with Crippen molar-refractivity contribution in [2.24, 2.45) is 0 Å². The minimum atomic E-state index is -0.307. The molecule has 0 unspecified atom stereocenters. The standard InChI is InChI=1S/C7H15NO2/c1-6(9)7-5-10-4-2-3-8-7/h6-9H,2-5H2,1H3/t6-,7-/m0/s1. The Kier molecular flexibility index (Phi) is 3.12. The highest BCUT2D eigenvalue weighted by Crippen LogP contribution is 1.98. The minimum Gasteiger partial charge on any atom is -0.392 e. The van der Waals surface area contributed by atoms with Crippen molar-refractivity contribution >= 4 is 0 Å². The monoisotopic (exact) mass is 145 g/mol. The van der Waals surface area contributed by atoms with Crippen molar-refractivity contribution in [1.82, 2.24) is 5.32 Å². The van der Waals surface area contributed by atoms with E-state index in [9.17, 15) is 0 Å². The molecule has 0 radical (unpaired) electrons. The second-order valence-electron chi connectivity index (χ2n) is 2.73. The first kappa shape index (κ1) is 7.98. The average molecular weight is 145 g/mol. The van der Waals surface area contributed by atoms with Gasteiger partial charge < -0.3 is 15.2 Å². The molecule has 1 saturated heterocycles. The van der Waals surface area contributed by atoms with E-state index in [4.69, 9.17) is 9.84 Å². The van der Waals surface area contributed by atoms with E-state index in [2.05, 4.69) is 5.32 Å². The van der Waals surface area contributed by atoms with Crippen LogP contribution in [0.2, 0.25) is 0 Å². The lowest BCUT2D eigenvalue weighted by atomic mass is 10.2. The number of nitrogens with one attached hydrogen (secondary N) is 1. The van der Waals surface area contributed by atoms with E-state index in [1.54, 1.807) is 6.92 Å². The predicted octanol–water partition coefficient (Wildman–Crippen LogP) is -0.254. The first-order chi connectivity index (χ1) is 4.80. The fourth-order valence-corrected chi connectivity index (χ4v) is 1.04. The van der Waals surface area contributed by atoms with Gasteiger partial charge in [0.2, 0.25) is 0 Å². The Morgan fingerprint density at radius 3 is 3.20 bits per heavy atom. The van der Waals surface area contributed by atoms with Crippen molar-refractivity contribution in [2.75, 3.05) is 19.8 Å². The largest absolute Gasteiger partial charge is 0.392 e. The summed E-state index contributed by atoms with van der Waals surface area (Å²) in [5.74, 6) is 0. The zero-order chi connectivity index (χ0) is 7.40. The van der Waals surface area contributed by atoms with Gasteiger partial charge in [-0.1, -0.05) is 0 Å². The molecule has 1 aliphatic heterocycles. The summed E-state index contributed by atoms with van der Waals surface area (Å²) in [4.78, 5) is 0. The van der Waals surface area contributed by atoms with Crippen molar-refractivity contribution in [3.05, 3.63) is 0 Å². The van der Waals surface area contributed by atoms with E-state index in [1.165, 1.54) is 0 Å². The van der Waals surface area contributed by atoms with E-state index < -0.39 is 0 Å². The molecule has 1 heterocycles. The van der Waals surface area contributed by atoms with Gasteiger partial charge in [0.15, 0.2) is 0 Å². The van der Waals surface area contributed by atoms with Gasteiger partial charge in [-0.15, -0.1) is 0 Å². The van der Waals surface area contributed by atoms with E-state index in [0.29, 0.717) is 6.61 Å². The highest BCUT2D eigenvalue weighted by atomic mass is 16.5. The molecule has 3 heteroatoms. The summed E-state index contributed by atoms with van der Waals surface area (Å²) >= 11 is 0. The highest BCUT2D eigenvalue weighted by Gasteiger charge is 2.15. The highest BCUT2D eigenvalue weighted by molar-refractivity contribution is 4.73. The van der Waals surface area contributed by atoms with Gasteiger partial charge in [-0.05, 0) is 19.9 Å². The molecule has 0 saturated carbocycles. The maximum atomic E-state index is 9.16. The molecular formula is C7H15NO2. The summed E-state index contributed by atoms with van der Waals surface area (Å²) < 4.78 is 5.25. The Labute approximate surface area is 61.4 Å². The van der Waals surface area contributed by atoms with Crippen LogP contribution in [0.25, 0.3) is 0 Å². The quantitative estimate of drug-likeness (QED) is 0.534. The van der Waals surface area contributed by atoms with Crippen LogP contribution in [0.4, 0.5) is 0 Å². The third-order valence-corrected chi connectivity index (χ3v) is 1.75.